The molecule has 0 atom stereocenters. The van der Waals surface area contributed by atoms with Gasteiger partial charge < -0.3 is 15.0 Å². The van der Waals surface area contributed by atoms with Crippen LogP contribution < -0.4 is 10.1 Å². The molecule has 0 aliphatic heterocycles. The number of ether oxygens (including phenoxy) is 1. The first-order valence-electron chi connectivity index (χ1n) is 12.6. The summed E-state index contributed by atoms with van der Waals surface area (Å²) in [5.74, 6) is -1.14. The molecule has 0 saturated heterocycles. The molecule has 1 heterocycles. The molecule has 0 unspecified atom stereocenters. The Balaban J connectivity index is 2.22. The first-order chi connectivity index (χ1) is 17.7. The number of benzene rings is 2. The van der Waals surface area contributed by atoms with E-state index in [1.165, 1.54) is 38.3 Å². The number of pyridine rings is 1. The fourth-order valence-corrected chi connectivity index (χ4v) is 3.14. The Bertz CT molecular complexity index is 1450. The van der Waals surface area contributed by atoms with Gasteiger partial charge in [0.1, 0.15) is 17.6 Å². The van der Waals surface area contributed by atoms with Crippen LogP contribution in [0.5, 0.6) is 5.75 Å². The average molecular weight is 452 g/mol. The summed E-state index contributed by atoms with van der Waals surface area (Å²) >= 11 is 0. The fraction of sp³-hybridized carbons (Fsp3) is 0.269. The summed E-state index contributed by atoms with van der Waals surface area (Å²) in [5, 5.41) is 12.9. The molecule has 1 N–H and O–H groups in total. The van der Waals surface area contributed by atoms with Crippen molar-refractivity contribution in [3.63, 3.8) is 0 Å². The maximum absolute atomic E-state index is 14.3. The smallest absolute Gasteiger partial charge is 0.159 e. The van der Waals surface area contributed by atoms with Gasteiger partial charge in [-0.2, -0.15) is 5.26 Å². The molecular weight excluding hydrogens is 419 g/mol. The number of anilines is 2. The zero-order chi connectivity index (χ0) is 28.4. The number of aromatic nitrogens is 1. The number of ketones is 1. The van der Waals surface area contributed by atoms with E-state index in [4.69, 9.17) is 11.6 Å². The molecule has 3 aromatic rings. The highest BCUT2D eigenvalue weighted by Gasteiger charge is 2.16. The number of hydrogen-bond donors (Lipinski definition) is 1. The molecule has 7 heteroatoms. The highest BCUT2D eigenvalue weighted by molar-refractivity contribution is 5.98. The quantitative estimate of drug-likeness (QED) is 0.465. The standard InChI is InChI=1S/C26H27FN4O2/c1-5-33-25-14-24-22(13-18(25)12-21(32)7-6-10-31(3)4)26(19(15-28)16-29-24)30-20-8-9-23(27)17(2)11-20/h6-9,11,13-14,16H,5,10,12H2,1-4H3,(H,29,30)/b7-6+/i5D2,8D,9D,11D. The Hall–Kier alpha value is -3.76. The predicted octanol–water partition coefficient (Wildman–Crippen LogP) is 4.93. The summed E-state index contributed by atoms with van der Waals surface area (Å²) in [5.41, 5.74) is 0.527. The van der Waals surface area contributed by atoms with E-state index in [9.17, 15) is 14.4 Å². The average Bonchev–Trinajstić information content (AvgIpc) is 2.83. The summed E-state index contributed by atoms with van der Waals surface area (Å²) < 4.78 is 59.8. The topological polar surface area (TPSA) is 78.2 Å². The third-order valence-corrected chi connectivity index (χ3v) is 4.71. The second kappa shape index (κ2) is 10.7. The normalized spacial score (nSPS) is 13.8. The van der Waals surface area contributed by atoms with E-state index in [2.05, 4.69) is 10.3 Å². The largest absolute Gasteiger partial charge is 0.494 e. The summed E-state index contributed by atoms with van der Waals surface area (Å²) in [7, 11) is 3.72. The molecule has 33 heavy (non-hydrogen) atoms. The molecule has 0 saturated carbocycles. The van der Waals surface area contributed by atoms with Crippen LogP contribution >= 0.6 is 0 Å². The molecule has 6 nitrogen and oxygen atoms in total. The SMILES string of the molecule is [2H]c1c([2H])c(Nc2c(C#N)cnc3cc(OC([2H])([2H])C)c(CC(=O)/C=C/CN(C)C)cc23)c([2H])c(C)c1F. The molecular formula is C26H27FN4O2. The van der Waals surface area contributed by atoms with Crippen LogP contribution in [0, 0.1) is 24.1 Å². The molecule has 0 radical (unpaired) electrons. The molecule has 0 fully saturated rings. The third kappa shape index (κ3) is 5.93. The number of nitrogens with zero attached hydrogens (tertiary/aromatic N) is 3. The van der Waals surface area contributed by atoms with Crippen LogP contribution in [-0.4, -0.2) is 42.9 Å². The van der Waals surface area contributed by atoms with E-state index in [0.717, 1.165) is 0 Å². The minimum Gasteiger partial charge on any atom is -0.494 e. The van der Waals surface area contributed by atoms with Crippen molar-refractivity contribution in [3.05, 3.63) is 71.1 Å². The van der Waals surface area contributed by atoms with Crippen molar-refractivity contribution < 1.29 is 20.8 Å². The number of carbonyl (C=O) groups excluding carboxylic acids is 1. The second-order valence-electron chi connectivity index (χ2n) is 7.56. The van der Waals surface area contributed by atoms with Crippen molar-refractivity contribution in [2.45, 2.75) is 20.3 Å². The summed E-state index contributed by atoms with van der Waals surface area (Å²) in [6.07, 6.45) is 4.25. The highest BCUT2D eigenvalue weighted by Crippen LogP contribution is 2.34. The van der Waals surface area contributed by atoms with E-state index in [1.807, 2.05) is 25.1 Å². The van der Waals surface area contributed by atoms with Crippen LogP contribution in [0.25, 0.3) is 10.9 Å². The van der Waals surface area contributed by atoms with E-state index >= 15 is 0 Å². The Morgan fingerprint density at radius 1 is 1.42 bits per heavy atom. The molecule has 0 bridgehead atoms. The minimum absolute atomic E-state index is 0.0486. The number of fused-ring (bicyclic) bond motifs is 1. The van der Waals surface area contributed by atoms with Crippen molar-refractivity contribution in [1.82, 2.24) is 9.88 Å². The number of allylic oxidation sites excluding steroid dienone is 1. The Kier molecular flexibility index (Phi) is 5.76. The molecule has 0 spiro atoms. The van der Waals surface area contributed by atoms with Crippen molar-refractivity contribution in [3.8, 4) is 11.8 Å². The van der Waals surface area contributed by atoms with Gasteiger partial charge in [-0.15, -0.1) is 0 Å². The lowest BCUT2D eigenvalue weighted by molar-refractivity contribution is -0.114. The van der Waals surface area contributed by atoms with Gasteiger partial charge in [-0.3, -0.25) is 9.78 Å². The molecule has 2 aromatic carbocycles. The highest BCUT2D eigenvalue weighted by atomic mass is 19.1. The number of hydrogen-bond acceptors (Lipinski definition) is 6. The monoisotopic (exact) mass is 451 g/mol. The molecule has 0 aliphatic rings. The first-order valence-corrected chi connectivity index (χ1v) is 10.1. The van der Waals surface area contributed by atoms with E-state index in [-0.39, 0.29) is 52.0 Å². The lowest BCUT2D eigenvalue weighted by Gasteiger charge is -2.15. The van der Waals surface area contributed by atoms with Gasteiger partial charge in [0, 0.05) is 41.9 Å². The maximum atomic E-state index is 14.3. The van der Waals surface area contributed by atoms with Gasteiger partial charge in [0.15, 0.2) is 5.78 Å². The Morgan fingerprint density at radius 3 is 2.91 bits per heavy atom. The van der Waals surface area contributed by atoms with Crippen LogP contribution in [0.2, 0.25) is 0 Å². The maximum Gasteiger partial charge on any atom is 0.159 e. The van der Waals surface area contributed by atoms with Crippen LogP contribution in [-0.2, 0) is 11.2 Å². The van der Waals surface area contributed by atoms with E-state index in [1.54, 1.807) is 6.08 Å². The number of likely N-dealkylation sites (N-methyl/N-ethyl adjacent to an activating group) is 1. The van der Waals surface area contributed by atoms with Gasteiger partial charge in [-0.25, -0.2) is 4.39 Å². The summed E-state index contributed by atoms with van der Waals surface area (Å²) in [6.45, 7) is 1.04. The van der Waals surface area contributed by atoms with Crippen LogP contribution in [0.15, 0.2) is 48.6 Å². The minimum atomic E-state index is -2.06. The number of nitrogens with one attached hydrogen (secondary N) is 1. The zero-order valence-corrected chi connectivity index (χ0v) is 18.8. The molecule has 0 aliphatic carbocycles. The van der Waals surface area contributed by atoms with Crippen LogP contribution in [0.4, 0.5) is 15.8 Å². The molecule has 1 aromatic heterocycles. The first kappa shape index (κ1) is 17.8. The van der Waals surface area contributed by atoms with Gasteiger partial charge in [0.2, 0.25) is 0 Å². The van der Waals surface area contributed by atoms with Crippen molar-refractivity contribution in [2.24, 2.45) is 0 Å². The van der Waals surface area contributed by atoms with E-state index in [0.29, 0.717) is 17.5 Å². The second-order valence-corrected chi connectivity index (χ2v) is 7.56. The third-order valence-electron chi connectivity index (χ3n) is 4.71. The number of halogens is 1. The van der Waals surface area contributed by atoms with Gasteiger partial charge in [-0.05, 0) is 63.8 Å². The lowest BCUT2D eigenvalue weighted by Crippen LogP contribution is -2.11. The summed E-state index contributed by atoms with van der Waals surface area (Å²) in [6, 6.07) is 3.41. The summed E-state index contributed by atoms with van der Waals surface area (Å²) in [4.78, 5) is 18.8. The van der Waals surface area contributed by atoms with Crippen LogP contribution in [0.3, 0.4) is 0 Å². The number of carbonyl (C=O) groups is 1. The molecule has 170 valence electrons. The van der Waals surface area contributed by atoms with Gasteiger partial charge in [-0.1, -0.05) is 6.08 Å². The molecule has 3 rings (SSSR count). The van der Waals surface area contributed by atoms with Gasteiger partial charge in [0.05, 0.1) is 30.2 Å². The Labute approximate surface area is 200 Å². The van der Waals surface area contributed by atoms with Gasteiger partial charge >= 0.3 is 0 Å². The van der Waals surface area contributed by atoms with Crippen molar-refractivity contribution >= 4 is 28.1 Å². The fourth-order valence-electron chi connectivity index (χ4n) is 3.14. The van der Waals surface area contributed by atoms with Crippen LogP contribution in [0.1, 0.15) is 30.5 Å². The van der Waals surface area contributed by atoms with Crippen molar-refractivity contribution in [2.75, 3.05) is 32.5 Å². The van der Waals surface area contributed by atoms with E-state index < -0.39 is 24.5 Å². The lowest BCUT2D eigenvalue weighted by atomic mass is 10.0. The molecule has 0 amide bonds. The number of nitriles is 1. The zero-order valence-electron chi connectivity index (χ0n) is 23.8. The number of rotatable bonds is 9. The van der Waals surface area contributed by atoms with Crippen molar-refractivity contribution in [1.29, 1.82) is 5.26 Å². The predicted molar refractivity (Wildman–Crippen MR) is 128 cm³/mol. The Morgan fingerprint density at radius 2 is 2.21 bits per heavy atom. The van der Waals surface area contributed by atoms with Gasteiger partial charge in [0.25, 0.3) is 0 Å².